The minimum Gasteiger partial charge on any atom is -0.392 e. The van der Waals surface area contributed by atoms with Gasteiger partial charge in [-0.05, 0) is 24.5 Å². The van der Waals surface area contributed by atoms with Crippen LogP contribution in [0.15, 0.2) is 41.4 Å². The predicted octanol–water partition coefficient (Wildman–Crippen LogP) is 1.85. The van der Waals surface area contributed by atoms with Gasteiger partial charge in [-0.15, -0.1) is 24.0 Å². The van der Waals surface area contributed by atoms with E-state index in [0.717, 1.165) is 31.6 Å². The Bertz CT molecular complexity index is 547. The lowest BCUT2D eigenvalue weighted by molar-refractivity contribution is 0.174. The number of benzene rings is 1. The van der Waals surface area contributed by atoms with Crippen molar-refractivity contribution in [2.75, 3.05) is 19.6 Å². The van der Waals surface area contributed by atoms with E-state index >= 15 is 0 Å². The van der Waals surface area contributed by atoms with Crippen molar-refractivity contribution in [1.82, 2.24) is 10.2 Å². The molecule has 0 bridgehead atoms. The summed E-state index contributed by atoms with van der Waals surface area (Å²) < 4.78 is 0. The average molecular weight is 430 g/mol. The summed E-state index contributed by atoms with van der Waals surface area (Å²) in [6, 6.07) is 8.26. The van der Waals surface area contributed by atoms with Gasteiger partial charge in [0.05, 0.1) is 12.6 Å². The number of aliphatic imine (C=N–C) groups is 1. The van der Waals surface area contributed by atoms with E-state index in [2.05, 4.69) is 33.9 Å². The van der Waals surface area contributed by atoms with Crippen LogP contribution in [0.4, 0.5) is 0 Å². The minimum absolute atomic E-state index is 0. The Hall–Kier alpha value is -1.12. The van der Waals surface area contributed by atoms with Crippen LogP contribution in [0.5, 0.6) is 0 Å². The highest BCUT2D eigenvalue weighted by Crippen LogP contribution is 2.17. The van der Waals surface area contributed by atoms with Crippen molar-refractivity contribution in [3.8, 4) is 0 Å². The third-order valence-electron chi connectivity index (χ3n) is 3.75. The molecule has 1 aliphatic rings. The lowest BCUT2D eigenvalue weighted by Crippen LogP contribution is -2.32. The third kappa shape index (κ3) is 6.88. The number of hydrogen-bond acceptors (Lipinski definition) is 3. The van der Waals surface area contributed by atoms with E-state index in [9.17, 15) is 5.11 Å². The Balaban J connectivity index is 0.00000264. The maximum absolute atomic E-state index is 9.63. The van der Waals surface area contributed by atoms with E-state index in [1.54, 1.807) is 0 Å². The van der Waals surface area contributed by atoms with Gasteiger partial charge in [0, 0.05) is 26.2 Å². The van der Waals surface area contributed by atoms with Crippen LogP contribution in [0.25, 0.3) is 0 Å². The molecule has 1 aliphatic heterocycles. The molecule has 0 aromatic heterocycles. The first-order chi connectivity index (χ1) is 10.5. The molecular formula is C17H27IN4O. The maximum Gasteiger partial charge on any atom is 0.189 e. The molecule has 1 aromatic rings. The molecule has 23 heavy (non-hydrogen) atoms. The van der Waals surface area contributed by atoms with Crippen LogP contribution >= 0.6 is 24.0 Å². The van der Waals surface area contributed by atoms with E-state index in [4.69, 9.17) is 5.73 Å². The van der Waals surface area contributed by atoms with E-state index in [0.29, 0.717) is 19.0 Å². The van der Waals surface area contributed by atoms with Gasteiger partial charge in [-0.3, -0.25) is 4.90 Å². The number of likely N-dealkylation sites (tertiary alicyclic amines) is 1. The monoisotopic (exact) mass is 430 g/mol. The SMILES string of the molecule is C=C(C)CNC(N)=NCc1ccccc1CN1CCC(O)C1.I. The molecule has 1 atom stereocenters. The molecule has 0 aliphatic carbocycles. The standard InChI is InChI=1S/C17H26N4O.HI/c1-13(2)9-19-17(18)20-10-14-5-3-4-6-15(14)11-21-8-7-16(22)12-21;/h3-6,16,22H,1,7-12H2,2H3,(H3,18,19,20);1H. The summed E-state index contributed by atoms with van der Waals surface area (Å²) in [7, 11) is 0. The van der Waals surface area contributed by atoms with Crippen LogP contribution < -0.4 is 11.1 Å². The molecule has 6 heteroatoms. The molecule has 1 saturated heterocycles. The minimum atomic E-state index is -0.188. The number of β-amino-alcohol motifs (C(OH)–C–C–N with tert-alkyl or cyclic N) is 1. The highest BCUT2D eigenvalue weighted by atomic mass is 127. The summed E-state index contributed by atoms with van der Waals surface area (Å²) in [6.45, 7) is 9.51. The predicted molar refractivity (Wildman–Crippen MR) is 106 cm³/mol. The van der Waals surface area contributed by atoms with Crippen molar-refractivity contribution >= 4 is 29.9 Å². The van der Waals surface area contributed by atoms with Gasteiger partial charge in [0.1, 0.15) is 0 Å². The fraction of sp³-hybridized carbons (Fsp3) is 0.471. The van der Waals surface area contributed by atoms with Crippen LogP contribution in [-0.2, 0) is 13.1 Å². The van der Waals surface area contributed by atoms with Crippen molar-refractivity contribution in [2.24, 2.45) is 10.7 Å². The van der Waals surface area contributed by atoms with E-state index in [1.165, 1.54) is 11.1 Å². The summed E-state index contributed by atoms with van der Waals surface area (Å²) in [5.74, 6) is 0.439. The molecule has 1 aromatic carbocycles. The molecule has 5 nitrogen and oxygen atoms in total. The molecule has 1 unspecified atom stereocenters. The van der Waals surface area contributed by atoms with Gasteiger partial charge in [-0.25, -0.2) is 4.99 Å². The van der Waals surface area contributed by atoms with Gasteiger partial charge in [-0.1, -0.05) is 36.4 Å². The number of rotatable bonds is 6. The summed E-state index contributed by atoms with van der Waals surface area (Å²) in [4.78, 5) is 6.66. The van der Waals surface area contributed by atoms with Gasteiger partial charge in [0.15, 0.2) is 5.96 Å². The van der Waals surface area contributed by atoms with Gasteiger partial charge in [0.2, 0.25) is 0 Å². The average Bonchev–Trinajstić information content (AvgIpc) is 2.89. The Labute approximate surface area is 155 Å². The molecule has 0 amide bonds. The Kier molecular flexibility index (Phi) is 8.57. The first-order valence-electron chi connectivity index (χ1n) is 7.70. The number of hydrogen-bond donors (Lipinski definition) is 3. The first kappa shape index (κ1) is 19.9. The Morgan fingerprint density at radius 3 is 2.74 bits per heavy atom. The van der Waals surface area contributed by atoms with Gasteiger partial charge in [-0.2, -0.15) is 0 Å². The highest BCUT2D eigenvalue weighted by molar-refractivity contribution is 14.0. The van der Waals surface area contributed by atoms with Gasteiger partial charge in [0.25, 0.3) is 0 Å². The molecule has 2 rings (SSSR count). The molecule has 0 spiro atoms. The smallest absolute Gasteiger partial charge is 0.189 e. The van der Waals surface area contributed by atoms with Crippen molar-refractivity contribution in [3.05, 3.63) is 47.5 Å². The normalized spacial score (nSPS) is 18.5. The largest absolute Gasteiger partial charge is 0.392 e. The second kappa shape index (κ2) is 9.89. The van der Waals surface area contributed by atoms with Crippen LogP contribution in [0.3, 0.4) is 0 Å². The number of aliphatic hydroxyl groups excluding tert-OH is 1. The maximum atomic E-state index is 9.63. The zero-order valence-electron chi connectivity index (χ0n) is 13.7. The van der Waals surface area contributed by atoms with Gasteiger partial charge < -0.3 is 16.2 Å². The van der Waals surface area contributed by atoms with Crippen molar-refractivity contribution in [3.63, 3.8) is 0 Å². The number of nitrogens with zero attached hydrogens (tertiary/aromatic N) is 2. The van der Waals surface area contributed by atoms with E-state index < -0.39 is 0 Å². The highest BCUT2D eigenvalue weighted by Gasteiger charge is 2.20. The molecule has 0 radical (unpaired) electrons. The Morgan fingerprint density at radius 2 is 2.13 bits per heavy atom. The third-order valence-corrected chi connectivity index (χ3v) is 3.75. The molecule has 128 valence electrons. The van der Waals surface area contributed by atoms with Crippen molar-refractivity contribution in [2.45, 2.75) is 32.5 Å². The fourth-order valence-corrected chi connectivity index (χ4v) is 2.53. The first-order valence-corrected chi connectivity index (χ1v) is 7.70. The number of nitrogens with one attached hydrogen (secondary N) is 1. The number of guanidine groups is 1. The fourth-order valence-electron chi connectivity index (χ4n) is 2.53. The lowest BCUT2D eigenvalue weighted by atomic mass is 10.1. The summed E-state index contributed by atoms with van der Waals surface area (Å²) >= 11 is 0. The van der Waals surface area contributed by atoms with Crippen LogP contribution in [0, 0.1) is 0 Å². The molecule has 1 heterocycles. The summed E-state index contributed by atoms with van der Waals surface area (Å²) in [5.41, 5.74) is 9.29. The summed E-state index contributed by atoms with van der Waals surface area (Å²) in [6.07, 6.45) is 0.671. The van der Waals surface area contributed by atoms with Crippen molar-refractivity contribution in [1.29, 1.82) is 0 Å². The van der Waals surface area contributed by atoms with Crippen LogP contribution in [0.2, 0.25) is 0 Å². The summed E-state index contributed by atoms with van der Waals surface area (Å²) in [5, 5.41) is 12.7. The van der Waals surface area contributed by atoms with Gasteiger partial charge >= 0.3 is 0 Å². The number of halogens is 1. The zero-order chi connectivity index (χ0) is 15.9. The second-order valence-electron chi connectivity index (χ2n) is 5.96. The van der Waals surface area contributed by atoms with E-state index in [-0.39, 0.29) is 30.1 Å². The van der Waals surface area contributed by atoms with E-state index in [1.807, 2.05) is 19.1 Å². The van der Waals surface area contributed by atoms with Crippen LogP contribution in [-0.4, -0.2) is 41.7 Å². The lowest BCUT2D eigenvalue weighted by Gasteiger charge is -2.17. The topological polar surface area (TPSA) is 73.9 Å². The van der Waals surface area contributed by atoms with Crippen LogP contribution in [0.1, 0.15) is 24.5 Å². The molecule has 0 saturated carbocycles. The Morgan fingerprint density at radius 1 is 1.43 bits per heavy atom. The second-order valence-corrected chi connectivity index (χ2v) is 5.96. The van der Waals surface area contributed by atoms with Crippen molar-refractivity contribution < 1.29 is 5.11 Å². The quantitative estimate of drug-likeness (QED) is 0.279. The molecule has 4 N–H and O–H groups in total. The molecule has 1 fully saturated rings. The molecular weight excluding hydrogens is 403 g/mol. The zero-order valence-corrected chi connectivity index (χ0v) is 16.0. The number of aliphatic hydroxyl groups is 1. The number of nitrogens with two attached hydrogens (primary N) is 1.